The van der Waals surface area contributed by atoms with Crippen LogP contribution in [-0.4, -0.2) is 15.3 Å². The molecule has 3 rings (SSSR count). The summed E-state index contributed by atoms with van der Waals surface area (Å²) in [6, 6.07) is 7.95. The smallest absolute Gasteiger partial charge is 0.162 e. The predicted octanol–water partition coefficient (Wildman–Crippen LogP) is 3.39. The quantitative estimate of drug-likeness (QED) is 0.756. The van der Waals surface area contributed by atoms with Crippen LogP contribution >= 0.6 is 0 Å². The van der Waals surface area contributed by atoms with E-state index >= 15 is 0 Å². The van der Waals surface area contributed by atoms with Crippen LogP contribution in [0.2, 0.25) is 0 Å². The molecule has 1 fully saturated rings. The molecule has 1 aromatic carbocycles. The number of aromatic nitrogens is 2. The fourth-order valence-corrected chi connectivity index (χ4v) is 2.22. The number of carbonyl (C=O) groups is 1. The third-order valence-corrected chi connectivity index (χ3v) is 3.57. The monoisotopic (exact) mass is 270 g/mol. The van der Waals surface area contributed by atoms with E-state index in [1.807, 2.05) is 43.7 Å². The second-order valence-corrected chi connectivity index (χ2v) is 5.11. The number of benzene rings is 1. The van der Waals surface area contributed by atoms with Crippen LogP contribution in [0.25, 0.3) is 0 Å². The Bertz CT molecular complexity index is 597. The Morgan fingerprint density at radius 3 is 2.75 bits per heavy atom. The van der Waals surface area contributed by atoms with Crippen molar-refractivity contribution in [1.29, 1.82) is 0 Å². The van der Waals surface area contributed by atoms with Crippen LogP contribution in [0.4, 0.5) is 0 Å². The van der Waals surface area contributed by atoms with Crippen LogP contribution in [0.5, 0.6) is 5.75 Å². The van der Waals surface area contributed by atoms with Gasteiger partial charge in [-0.25, -0.2) is 4.98 Å². The van der Waals surface area contributed by atoms with E-state index in [1.165, 1.54) is 12.8 Å². The number of hydrogen-bond acceptors (Lipinski definition) is 3. The Hall–Kier alpha value is -2.10. The van der Waals surface area contributed by atoms with Crippen LogP contribution in [0.3, 0.4) is 0 Å². The van der Waals surface area contributed by atoms with Gasteiger partial charge in [0, 0.05) is 18.0 Å². The van der Waals surface area contributed by atoms with Crippen LogP contribution in [0, 0.1) is 0 Å². The number of ether oxygens (including phenoxy) is 1. The molecule has 0 spiro atoms. The lowest BCUT2D eigenvalue weighted by atomic mass is 10.1. The maximum atomic E-state index is 11.5. The molecule has 1 aliphatic rings. The molecule has 0 saturated heterocycles. The molecular weight excluding hydrogens is 252 g/mol. The third kappa shape index (κ3) is 2.74. The second kappa shape index (κ2) is 5.49. The van der Waals surface area contributed by atoms with Crippen molar-refractivity contribution in [2.24, 2.45) is 0 Å². The normalized spacial score (nSPS) is 14.2. The van der Waals surface area contributed by atoms with Gasteiger partial charge in [0.25, 0.3) is 0 Å². The minimum atomic E-state index is 0.156. The maximum absolute atomic E-state index is 11.5. The first-order valence-corrected chi connectivity index (χ1v) is 7.04. The zero-order chi connectivity index (χ0) is 13.9. The van der Waals surface area contributed by atoms with Crippen molar-refractivity contribution in [3.05, 3.63) is 48.0 Å². The van der Waals surface area contributed by atoms with Gasteiger partial charge in [-0.2, -0.15) is 0 Å². The number of rotatable bonds is 6. The highest BCUT2D eigenvalue weighted by atomic mass is 16.5. The summed E-state index contributed by atoms with van der Waals surface area (Å²) in [5, 5.41) is 0. The molecule has 0 aliphatic heterocycles. The van der Waals surface area contributed by atoms with E-state index in [2.05, 4.69) is 9.55 Å². The molecular formula is C16H18N2O2. The van der Waals surface area contributed by atoms with Crippen molar-refractivity contribution in [2.45, 2.75) is 38.8 Å². The Kier molecular flexibility index (Phi) is 3.54. The van der Waals surface area contributed by atoms with Crippen molar-refractivity contribution in [3.63, 3.8) is 0 Å². The van der Waals surface area contributed by atoms with Gasteiger partial charge in [0.1, 0.15) is 12.4 Å². The number of Topliss-reactive ketones (excluding diaryl/α,β-unsaturated/α-hetero) is 1. The van der Waals surface area contributed by atoms with Gasteiger partial charge in [0.15, 0.2) is 5.78 Å². The van der Waals surface area contributed by atoms with E-state index in [9.17, 15) is 4.79 Å². The van der Waals surface area contributed by atoms with Crippen LogP contribution in [0.15, 0.2) is 36.8 Å². The summed E-state index contributed by atoms with van der Waals surface area (Å²) in [4.78, 5) is 15.7. The maximum Gasteiger partial charge on any atom is 0.162 e. The molecule has 1 saturated carbocycles. The van der Waals surface area contributed by atoms with Crippen LogP contribution in [0.1, 0.15) is 48.3 Å². The summed E-state index contributed by atoms with van der Waals surface area (Å²) in [6.45, 7) is 2.38. The Morgan fingerprint density at radius 2 is 2.10 bits per heavy atom. The van der Waals surface area contributed by atoms with Crippen molar-refractivity contribution >= 4 is 5.78 Å². The standard InChI is InChI=1S/C16H18N2O2/c1-2-16(19)12-3-7-15(8-4-12)20-10-14-9-17-11-18(14)13-5-6-13/h3-4,7-9,11,13H,2,5-6,10H2,1H3. The summed E-state index contributed by atoms with van der Waals surface area (Å²) in [5.41, 5.74) is 1.84. The zero-order valence-electron chi connectivity index (χ0n) is 11.6. The minimum Gasteiger partial charge on any atom is -0.487 e. The highest BCUT2D eigenvalue weighted by Gasteiger charge is 2.25. The van der Waals surface area contributed by atoms with Crippen molar-refractivity contribution < 1.29 is 9.53 Å². The highest BCUT2D eigenvalue weighted by molar-refractivity contribution is 5.95. The SMILES string of the molecule is CCC(=O)c1ccc(OCc2cncn2C2CC2)cc1. The average molecular weight is 270 g/mol. The summed E-state index contributed by atoms with van der Waals surface area (Å²) in [5.74, 6) is 0.935. The lowest BCUT2D eigenvalue weighted by molar-refractivity contribution is 0.0988. The van der Waals surface area contributed by atoms with Gasteiger partial charge in [-0.05, 0) is 37.1 Å². The minimum absolute atomic E-state index is 0.156. The molecule has 2 aromatic rings. The molecule has 1 aromatic heterocycles. The lowest BCUT2D eigenvalue weighted by Crippen LogP contribution is -2.04. The van der Waals surface area contributed by atoms with Crippen molar-refractivity contribution in [2.75, 3.05) is 0 Å². The van der Waals surface area contributed by atoms with Gasteiger partial charge in [-0.1, -0.05) is 6.92 Å². The zero-order valence-corrected chi connectivity index (χ0v) is 11.6. The van der Waals surface area contributed by atoms with E-state index in [1.54, 1.807) is 0 Å². The number of imidazole rings is 1. The molecule has 0 bridgehead atoms. The Labute approximate surface area is 118 Å². The molecule has 0 unspecified atom stereocenters. The first kappa shape index (κ1) is 12.9. The summed E-state index contributed by atoms with van der Waals surface area (Å²) < 4.78 is 7.95. The van der Waals surface area contributed by atoms with E-state index in [-0.39, 0.29) is 5.78 Å². The van der Waals surface area contributed by atoms with Gasteiger partial charge >= 0.3 is 0 Å². The van der Waals surface area contributed by atoms with Crippen LogP contribution in [-0.2, 0) is 6.61 Å². The molecule has 1 heterocycles. The molecule has 20 heavy (non-hydrogen) atoms. The summed E-state index contributed by atoms with van der Waals surface area (Å²) >= 11 is 0. The summed E-state index contributed by atoms with van der Waals surface area (Å²) in [7, 11) is 0. The molecule has 1 aliphatic carbocycles. The van der Waals surface area contributed by atoms with Gasteiger partial charge in [-0.15, -0.1) is 0 Å². The second-order valence-electron chi connectivity index (χ2n) is 5.11. The van der Waals surface area contributed by atoms with E-state index in [0.717, 1.165) is 17.0 Å². The largest absolute Gasteiger partial charge is 0.487 e. The molecule has 0 atom stereocenters. The Morgan fingerprint density at radius 1 is 1.35 bits per heavy atom. The number of nitrogens with zero attached hydrogens (tertiary/aromatic N) is 2. The molecule has 4 nitrogen and oxygen atoms in total. The van der Waals surface area contributed by atoms with Gasteiger partial charge in [-0.3, -0.25) is 4.79 Å². The Balaban J connectivity index is 1.63. The predicted molar refractivity (Wildman–Crippen MR) is 75.9 cm³/mol. The van der Waals surface area contributed by atoms with E-state index in [0.29, 0.717) is 19.1 Å². The molecule has 0 N–H and O–H groups in total. The average Bonchev–Trinajstić information content (AvgIpc) is 3.23. The van der Waals surface area contributed by atoms with Crippen LogP contribution < -0.4 is 4.74 Å². The fourth-order valence-electron chi connectivity index (χ4n) is 2.22. The lowest BCUT2D eigenvalue weighted by Gasteiger charge is -2.09. The molecule has 0 amide bonds. The van der Waals surface area contributed by atoms with E-state index < -0.39 is 0 Å². The van der Waals surface area contributed by atoms with Crippen molar-refractivity contribution in [3.8, 4) is 5.75 Å². The number of ketones is 1. The molecule has 4 heteroatoms. The van der Waals surface area contributed by atoms with Gasteiger partial charge < -0.3 is 9.30 Å². The first-order chi connectivity index (χ1) is 9.78. The van der Waals surface area contributed by atoms with Crippen molar-refractivity contribution in [1.82, 2.24) is 9.55 Å². The first-order valence-electron chi connectivity index (χ1n) is 7.04. The highest BCUT2D eigenvalue weighted by Crippen LogP contribution is 2.35. The van der Waals surface area contributed by atoms with Gasteiger partial charge in [0.2, 0.25) is 0 Å². The number of hydrogen-bond donors (Lipinski definition) is 0. The van der Waals surface area contributed by atoms with E-state index in [4.69, 9.17) is 4.74 Å². The fraction of sp³-hybridized carbons (Fsp3) is 0.375. The topological polar surface area (TPSA) is 44.1 Å². The molecule has 104 valence electrons. The number of carbonyl (C=O) groups excluding carboxylic acids is 1. The third-order valence-electron chi connectivity index (χ3n) is 3.57. The summed E-state index contributed by atoms with van der Waals surface area (Å²) in [6.07, 6.45) is 6.72. The van der Waals surface area contributed by atoms with Gasteiger partial charge in [0.05, 0.1) is 18.2 Å². The molecule has 0 radical (unpaired) electrons.